The highest BCUT2D eigenvalue weighted by Gasteiger charge is 2.04. The molecule has 0 saturated heterocycles. The summed E-state index contributed by atoms with van der Waals surface area (Å²) in [5, 5.41) is 2.92. The van der Waals surface area contributed by atoms with Gasteiger partial charge in [-0.15, -0.1) is 0 Å². The van der Waals surface area contributed by atoms with Crippen LogP contribution in [0.3, 0.4) is 0 Å². The van der Waals surface area contributed by atoms with E-state index in [1.165, 1.54) is 0 Å². The first-order chi connectivity index (χ1) is 11.8. The quantitative estimate of drug-likeness (QED) is 0.655. The first kappa shape index (κ1) is 17.9. The predicted octanol–water partition coefficient (Wildman–Crippen LogP) is 3.51. The Balaban J connectivity index is 1.76. The van der Waals surface area contributed by atoms with Crippen LogP contribution in [0, 0.1) is 0 Å². The molecule has 0 aliphatic heterocycles. The maximum Gasteiger partial charge on any atom is 0.224 e. The third-order valence-corrected chi connectivity index (χ3v) is 3.60. The van der Waals surface area contributed by atoms with Crippen molar-refractivity contribution in [3.63, 3.8) is 0 Å². The zero-order chi connectivity index (χ0) is 17.0. The van der Waals surface area contributed by atoms with Gasteiger partial charge < -0.3 is 15.8 Å². The number of benzene rings is 1. The lowest BCUT2D eigenvalue weighted by Crippen LogP contribution is -2.11. The van der Waals surface area contributed by atoms with Crippen LogP contribution in [0.4, 0.5) is 5.69 Å². The van der Waals surface area contributed by atoms with E-state index in [1.54, 1.807) is 12.4 Å². The van der Waals surface area contributed by atoms with E-state index in [0.29, 0.717) is 13.0 Å². The first-order valence-electron chi connectivity index (χ1n) is 8.39. The predicted molar refractivity (Wildman–Crippen MR) is 95.8 cm³/mol. The molecule has 0 bridgehead atoms. The number of unbranched alkanes of at least 4 members (excludes halogenated alkanes) is 3. The summed E-state index contributed by atoms with van der Waals surface area (Å²) in [4.78, 5) is 16.0. The molecule has 0 aliphatic carbocycles. The summed E-state index contributed by atoms with van der Waals surface area (Å²) >= 11 is 0. The van der Waals surface area contributed by atoms with Crippen molar-refractivity contribution < 1.29 is 9.53 Å². The molecule has 3 N–H and O–H groups in total. The van der Waals surface area contributed by atoms with Crippen LogP contribution in [-0.2, 0) is 11.4 Å². The molecule has 1 amide bonds. The van der Waals surface area contributed by atoms with Crippen molar-refractivity contribution in [3.05, 3.63) is 54.4 Å². The van der Waals surface area contributed by atoms with E-state index in [2.05, 4.69) is 10.3 Å². The van der Waals surface area contributed by atoms with Crippen LogP contribution in [0.1, 0.15) is 37.7 Å². The average molecular weight is 327 g/mol. The van der Waals surface area contributed by atoms with E-state index >= 15 is 0 Å². The van der Waals surface area contributed by atoms with Gasteiger partial charge in [0.1, 0.15) is 12.4 Å². The SMILES string of the molecule is NCCCCCCC(=O)Nc1cccc(OCc2cccnc2)c1. The Bertz CT molecular complexity index is 617. The molecule has 0 saturated carbocycles. The lowest BCUT2D eigenvalue weighted by molar-refractivity contribution is -0.116. The first-order valence-corrected chi connectivity index (χ1v) is 8.39. The molecule has 0 fully saturated rings. The van der Waals surface area contributed by atoms with E-state index in [-0.39, 0.29) is 5.91 Å². The fraction of sp³-hybridized carbons (Fsp3) is 0.368. The molecule has 5 nitrogen and oxygen atoms in total. The van der Waals surface area contributed by atoms with Gasteiger partial charge in [-0.2, -0.15) is 0 Å². The number of nitrogens with zero attached hydrogens (tertiary/aromatic N) is 1. The van der Waals surface area contributed by atoms with E-state index < -0.39 is 0 Å². The number of pyridine rings is 1. The van der Waals surface area contributed by atoms with Crippen molar-refractivity contribution in [3.8, 4) is 5.75 Å². The van der Waals surface area contributed by atoms with Crippen LogP contribution >= 0.6 is 0 Å². The fourth-order valence-electron chi connectivity index (χ4n) is 2.32. The van der Waals surface area contributed by atoms with Crippen molar-refractivity contribution in [1.29, 1.82) is 0 Å². The molecule has 0 unspecified atom stereocenters. The van der Waals surface area contributed by atoms with Crippen molar-refractivity contribution in [2.75, 3.05) is 11.9 Å². The Morgan fingerprint density at radius 2 is 2.00 bits per heavy atom. The summed E-state index contributed by atoms with van der Waals surface area (Å²) in [6.45, 7) is 1.17. The van der Waals surface area contributed by atoms with Crippen molar-refractivity contribution in [2.24, 2.45) is 5.73 Å². The number of anilines is 1. The molecular formula is C19H25N3O2. The van der Waals surface area contributed by atoms with Crippen LogP contribution in [-0.4, -0.2) is 17.4 Å². The topological polar surface area (TPSA) is 77.2 Å². The molecule has 0 atom stereocenters. The Labute approximate surface area is 143 Å². The minimum absolute atomic E-state index is 0.0344. The molecular weight excluding hydrogens is 302 g/mol. The number of carbonyl (C=O) groups excluding carboxylic acids is 1. The number of ether oxygens (including phenoxy) is 1. The maximum absolute atomic E-state index is 12.0. The van der Waals surface area contributed by atoms with Crippen LogP contribution < -0.4 is 15.8 Å². The lowest BCUT2D eigenvalue weighted by atomic mass is 10.1. The van der Waals surface area contributed by atoms with Gasteiger partial charge in [0.2, 0.25) is 5.91 Å². The Morgan fingerprint density at radius 1 is 1.12 bits per heavy atom. The molecule has 1 aromatic heterocycles. The summed E-state index contributed by atoms with van der Waals surface area (Å²) < 4.78 is 5.74. The molecule has 128 valence electrons. The molecule has 24 heavy (non-hydrogen) atoms. The van der Waals surface area contributed by atoms with Gasteiger partial charge in [-0.3, -0.25) is 9.78 Å². The van der Waals surface area contributed by atoms with Crippen molar-refractivity contribution in [2.45, 2.75) is 38.7 Å². The second-order valence-corrected chi connectivity index (χ2v) is 5.68. The van der Waals surface area contributed by atoms with Gasteiger partial charge in [0.05, 0.1) is 0 Å². The van der Waals surface area contributed by atoms with Gasteiger partial charge in [-0.1, -0.05) is 25.0 Å². The monoisotopic (exact) mass is 327 g/mol. The standard InChI is InChI=1S/C19H25N3O2/c20-11-4-2-1-3-10-19(23)22-17-8-5-9-18(13-17)24-15-16-7-6-12-21-14-16/h5-9,12-14H,1-4,10-11,15,20H2,(H,22,23). The number of rotatable bonds is 10. The third kappa shape index (κ3) is 6.79. The lowest BCUT2D eigenvalue weighted by Gasteiger charge is -2.09. The second-order valence-electron chi connectivity index (χ2n) is 5.68. The molecule has 2 rings (SSSR count). The van der Waals surface area contributed by atoms with Gasteiger partial charge in [0, 0.05) is 36.1 Å². The molecule has 1 heterocycles. The van der Waals surface area contributed by atoms with Crippen LogP contribution in [0.25, 0.3) is 0 Å². The van der Waals surface area contributed by atoms with Gasteiger partial charge >= 0.3 is 0 Å². The Hall–Kier alpha value is -2.40. The summed E-state index contributed by atoms with van der Waals surface area (Å²) in [5.74, 6) is 0.756. The van der Waals surface area contributed by atoms with Crippen molar-refractivity contribution >= 4 is 11.6 Å². The minimum Gasteiger partial charge on any atom is -0.489 e. The molecule has 0 aliphatic rings. The summed E-state index contributed by atoms with van der Waals surface area (Å²) in [6, 6.07) is 11.3. The molecule has 0 radical (unpaired) electrons. The summed E-state index contributed by atoms with van der Waals surface area (Å²) in [7, 11) is 0. The summed E-state index contributed by atoms with van der Waals surface area (Å²) in [6.07, 6.45) is 8.08. The Kier molecular flexibility index (Phi) is 7.77. The second kappa shape index (κ2) is 10.4. The highest BCUT2D eigenvalue weighted by molar-refractivity contribution is 5.90. The maximum atomic E-state index is 12.0. The van der Waals surface area contributed by atoms with E-state index in [1.807, 2.05) is 36.4 Å². The van der Waals surface area contributed by atoms with Gasteiger partial charge in [-0.05, 0) is 37.6 Å². The van der Waals surface area contributed by atoms with E-state index in [0.717, 1.165) is 49.2 Å². The fourth-order valence-corrected chi connectivity index (χ4v) is 2.32. The number of nitrogens with one attached hydrogen (secondary N) is 1. The van der Waals surface area contributed by atoms with Crippen LogP contribution in [0.15, 0.2) is 48.8 Å². The largest absolute Gasteiger partial charge is 0.489 e. The minimum atomic E-state index is 0.0344. The zero-order valence-electron chi connectivity index (χ0n) is 13.9. The number of carbonyl (C=O) groups is 1. The van der Waals surface area contributed by atoms with E-state index in [4.69, 9.17) is 10.5 Å². The van der Waals surface area contributed by atoms with Crippen LogP contribution in [0.5, 0.6) is 5.75 Å². The number of aromatic nitrogens is 1. The molecule has 2 aromatic rings. The molecule has 1 aromatic carbocycles. The number of nitrogens with two attached hydrogens (primary N) is 1. The van der Waals surface area contributed by atoms with E-state index in [9.17, 15) is 4.79 Å². The molecule has 5 heteroatoms. The number of hydrogen-bond acceptors (Lipinski definition) is 4. The van der Waals surface area contributed by atoms with Crippen LogP contribution in [0.2, 0.25) is 0 Å². The van der Waals surface area contributed by atoms with Gasteiger partial charge in [0.15, 0.2) is 0 Å². The molecule has 0 spiro atoms. The summed E-state index contributed by atoms with van der Waals surface area (Å²) in [5.41, 5.74) is 7.21. The Morgan fingerprint density at radius 3 is 2.79 bits per heavy atom. The van der Waals surface area contributed by atoms with Crippen molar-refractivity contribution in [1.82, 2.24) is 4.98 Å². The van der Waals surface area contributed by atoms with Gasteiger partial charge in [0.25, 0.3) is 0 Å². The average Bonchev–Trinajstić information content (AvgIpc) is 2.61. The third-order valence-electron chi connectivity index (χ3n) is 3.60. The highest BCUT2D eigenvalue weighted by atomic mass is 16.5. The smallest absolute Gasteiger partial charge is 0.224 e. The number of hydrogen-bond donors (Lipinski definition) is 2. The zero-order valence-corrected chi connectivity index (χ0v) is 13.9. The highest BCUT2D eigenvalue weighted by Crippen LogP contribution is 2.19. The normalized spacial score (nSPS) is 10.4. The number of amides is 1. The van der Waals surface area contributed by atoms with Gasteiger partial charge in [-0.25, -0.2) is 0 Å².